The van der Waals surface area contributed by atoms with Gasteiger partial charge in [0.25, 0.3) is 0 Å². The van der Waals surface area contributed by atoms with E-state index < -0.39 is 11.6 Å². The van der Waals surface area contributed by atoms with Crippen LogP contribution in [-0.2, 0) is 6.54 Å². The first-order valence-electron chi connectivity index (χ1n) is 6.45. The molecule has 1 aromatic carbocycles. The highest BCUT2D eigenvalue weighted by atomic mass is 19.1. The first kappa shape index (κ1) is 15.1. The average molecular weight is 256 g/mol. The molecule has 0 unspecified atom stereocenters. The molecule has 0 bridgehead atoms. The minimum absolute atomic E-state index is 0.441. The van der Waals surface area contributed by atoms with Crippen LogP contribution >= 0.6 is 0 Å². The normalized spacial score (nSPS) is 11.2. The van der Waals surface area contributed by atoms with Gasteiger partial charge < -0.3 is 10.6 Å². The highest BCUT2D eigenvalue weighted by Crippen LogP contribution is 2.08. The summed E-state index contributed by atoms with van der Waals surface area (Å²) in [5.74, 6) is -0.360. The van der Waals surface area contributed by atoms with Gasteiger partial charge in [-0.15, -0.1) is 0 Å². The maximum atomic E-state index is 13.3. The van der Waals surface area contributed by atoms with Crippen molar-refractivity contribution in [2.45, 2.75) is 26.8 Å². The lowest BCUT2D eigenvalue weighted by atomic mass is 10.2. The molecule has 2 nitrogen and oxygen atoms in total. The third-order valence-electron chi connectivity index (χ3n) is 2.59. The second-order valence-electron chi connectivity index (χ2n) is 4.86. The van der Waals surface area contributed by atoms with Gasteiger partial charge in [0.15, 0.2) is 0 Å². The number of nitrogens with one attached hydrogen (secondary N) is 2. The van der Waals surface area contributed by atoms with Gasteiger partial charge in [0, 0.05) is 18.2 Å². The monoisotopic (exact) mass is 256 g/mol. The molecule has 0 aliphatic rings. The third kappa shape index (κ3) is 6.07. The van der Waals surface area contributed by atoms with E-state index in [2.05, 4.69) is 24.5 Å². The van der Waals surface area contributed by atoms with Gasteiger partial charge in [-0.05, 0) is 38.0 Å². The maximum absolute atomic E-state index is 13.3. The predicted octanol–water partition coefficient (Wildman–Crippen LogP) is 2.69. The van der Waals surface area contributed by atoms with Crippen molar-refractivity contribution < 1.29 is 8.78 Å². The Bertz CT molecular complexity index is 354. The first-order chi connectivity index (χ1) is 8.59. The summed E-state index contributed by atoms with van der Waals surface area (Å²) >= 11 is 0. The smallest absolute Gasteiger partial charge is 0.130 e. The summed E-state index contributed by atoms with van der Waals surface area (Å²) < 4.78 is 25.9. The number of halogens is 2. The quantitative estimate of drug-likeness (QED) is 0.699. The van der Waals surface area contributed by atoms with Crippen LogP contribution in [0.4, 0.5) is 8.78 Å². The van der Waals surface area contributed by atoms with Crippen molar-refractivity contribution in [2.75, 3.05) is 19.6 Å². The summed E-state index contributed by atoms with van der Waals surface area (Å²) in [7, 11) is 0. The van der Waals surface area contributed by atoms with E-state index in [0.29, 0.717) is 18.0 Å². The number of rotatable bonds is 8. The fourth-order valence-electron chi connectivity index (χ4n) is 1.62. The second kappa shape index (κ2) is 8.16. The van der Waals surface area contributed by atoms with Crippen LogP contribution < -0.4 is 10.6 Å². The van der Waals surface area contributed by atoms with Gasteiger partial charge in [0.2, 0.25) is 0 Å². The lowest BCUT2D eigenvalue weighted by Gasteiger charge is -2.08. The van der Waals surface area contributed by atoms with Crippen LogP contribution in [0, 0.1) is 17.6 Å². The summed E-state index contributed by atoms with van der Waals surface area (Å²) in [6, 6.07) is 3.68. The summed E-state index contributed by atoms with van der Waals surface area (Å²) in [5.41, 5.74) is 0.506. The van der Waals surface area contributed by atoms with Crippen LogP contribution in [0.25, 0.3) is 0 Å². The second-order valence-corrected chi connectivity index (χ2v) is 4.86. The molecule has 0 saturated carbocycles. The van der Waals surface area contributed by atoms with Crippen LogP contribution in [0.15, 0.2) is 18.2 Å². The molecule has 0 aliphatic heterocycles. The Morgan fingerprint density at radius 2 is 1.83 bits per heavy atom. The molecule has 0 spiro atoms. The van der Waals surface area contributed by atoms with Crippen molar-refractivity contribution in [1.29, 1.82) is 0 Å². The molecule has 2 N–H and O–H groups in total. The van der Waals surface area contributed by atoms with Crippen molar-refractivity contribution in [3.05, 3.63) is 35.4 Å². The zero-order valence-electron chi connectivity index (χ0n) is 11.1. The highest BCUT2D eigenvalue weighted by Gasteiger charge is 2.02. The minimum Gasteiger partial charge on any atom is -0.316 e. The molecule has 0 heterocycles. The molecule has 0 fully saturated rings. The van der Waals surface area contributed by atoms with Crippen molar-refractivity contribution in [1.82, 2.24) is 10.6 Å². The summed E-state index contributed by atoms with van der Waals surface area (Å²) in [4.78, 5) is 0. The predicted molar refractivity (Wildman–Crippen MR) is 70.4 cm³/mol. The van der Waals surface area contributed by atoms with Crippen LogP contribution in [0.5, 0.6) is 0 Å². The Labute approximate surface area is 108 Å². The van der Waals surface area contributed by atoms with Crippen LogP contribution in [0.2, 0.25) is 0 Å². The molecule has 1 aromatic rings. The molecule has 18 heavy (non-hydrogen) atoms. The van der Waals surface area contributed by atoms with Gasteiger partial charge in [-0.3, -0.25) is 0 Å². The van der Waals surface area contributed by atoms with Gasteiger partial charge in [0.05, 0.1) is 0 Å². The maximum Gasteiger partial charge on any atom is 0.130 e. The van der Waals surface area contributed by atoms with Crippen molar-refractivity contribution in [2.24, 2.45) is 5.92 Å². The molecule has 102 valence electrons. The van der Waals surface area contributed by atoms with E-state index >= 15 is 0 Å². The molecule has 1 rings (SSSR count). The minimum atomic E-state index is -0.533. The topological polar surface area (TPSA) is 24.1 Å². The Hall–Kier alpha value is -1.00. The summed E-state index contributed by atoms with van der Waals surface area (Å²) in [5, 5.41) is 6.49. The Kier molecular flexibility index (Phi) is 6.83. The van der Waals surface area contributed by atoms with Gasteiger partial charge in [-0.1, -0.05) is 19.9 Å². The van der Waals surface area contributed by atoms with Crippen LogP contribution in [0.3, 0.4) is 0 Å². The van der Waals surface area contributed by atoms with E-state index in [1.165, 1.54) is 12.1 Å². The largest absolute Gasteiger partial charge is 0.316 e. The fourth-order valence-corrected chi connectivity index (χ4v) is 1.62. The molecule has 4 heteroatoms. The standard InChI is InChI=1S/C14H22F2N2/c1-11(2)9-17-6-3-7-18-10-12-4-5-13(15)8-14(12)16/h4-5,8,11,17-18H,3,6-7,9-10H2,1-2H3. The molecule has 0 radical (unpaired) electrons. The Balaban J connectivity index is 2.11. The van der Waals surface area contributed by atoms with E-state index in [1.54, 1.807) is 0 Å². The van der Waals surface area contributed by atoms with Gasteiger partial charge in [0.1, 0.15) is 11.6 Å². The molecule has 0 aliphatic carbocycles. The third-order valence-corrected chi connectivity index (χ3v) is 2.59. The fraction of sp³-hybridized carbons (Fsp3) is 0.571. The summed E-state index contributed by atoms with van der Waals surface area (Å²) in [6.07, 6.45) is 0.996. The first-order valence-corrected chi connectivity index (χ1v) is 6.45. The molecule has 0 atom stereocenters. The van der Waals surface area contributed by atoms with Crippen molar-refractivity contribution >= 4 is 0 Å². The Morgan fingerprint density at radius 1 is 1.11 bits per heavy atom. The van der Waals surface area contributed by atoms with Gasteiger partial charge in [-0.2, -0.15) is 0 Å². The zero-order chi connectivity index (χ0) is 13.4. The highest BCUT2D eigenvalue weighted by molar-refractivity contribution is 5.18. The van der Waals surface area contributed by atoms with Crippen molar-refractivity contribution in [3.8, 4) is 0 Å². The molecular formula is C14H22F2N2. The lowest BCUT2D eigenvalue weighted by Crippen LogP contribution is -2.24. The van der Waals surface area contributed by atoms with E-state index in [4.69, 9.17) is 0 Å². The molecule has 0 saturated heterocycles. The van der Waals surface area contributed by atoms with E-state index in [-0.39, 0.29) is 0 Å². The molecular weight excluding hydrogens is 234 g/mol. The van der Waals surface area contributed by atoms with E-state index in [9.17, 15) is 8.78 Å². The Morgan fingerprint density at radius 3 is 2.50 bits per heavy atom. The summed E-state index contributed by atoms with van der Waals surface area (Å²) in [6.45, 7) is 7.58. The number of hydrogen-bond donors (Lipinski definition) is 2. The number of benzene rings is 1. The van der Waals surface area contributed by atoms with Gasteiger partial charge >= 0.3 is 0 Å². The SMILES string of the molecule is CC(C)CNCCCNCc1ccc(F)cc1F. The lowest BCUT2D eigenvalue weighted by molar-refractivity contribution is 0.524. The van der Waals surface area contributed by atoms with Gasteiger partial charge in [-0.25, -0.2) is 8.78 Å². The zero-order valence-corrected chi connectivity index (χ0v) is 11.1. The van der Waals surface area contributed by atoms with Crippen molar-refractivity contribution in [3.63, 3.8) is 0 Å². The van der Waals surface area contributed by atoms with E-state index in [1.807, 2.05) is 0 Å². The number of hydrogen-bond acceptors (Lipinski definition) is 2. The molecule has 0 amide bonds. The van der Waals surface area contributed by atoms with E-state index in [0.717, 1.165) is 32.1 Å². The average Bonchev–Trinajstić information content (AvgIpc) is 2.30. The van der Waals surface area contributed by atoms with Crippen LogP contribution in [0.1, 0.15) is 25.8 Å². The molecule has 0 aromatic heterocycles. The van der Waals surface area contributed by atoms with Crippen LogP contribution in [-0.4, -0.2) is 19.6 Å².